The number of aryl methyl sites for hydroxylation is 2. The normalized spacial score (nSPS) is 10.7. The maximum absolute atomic E-state index is 12.7. The van der Waals surface area contributed by atoms with Crippen LogP contribution in [0.2, 0.25) is 0 Å². The topological polar surface area (TPSA) is 69.0 Å². The number of hydrogen-bond acceptors (Lipinski definition) is 4. The molecule has 1 amide bonds. The molecule has 27 heavy (non-hydrogen) atoms. The molecule has 0 aliphatic rings. The molecule has 3 rings (SSSR count). The number of carbonyl (C=O) groups excluding carboxylic acids is 1. The van der Waals surface area contributed by atoms with E-state index in [-0.39, 0.29) is 5.91 Å². The van der Waals surface area contributed by atoms with Gasteiger partial charge in [0.2, 0.25) is 0 Å². The van der Waals surface area contributed by atoms with Crippen molar-refractivity contribution >= 4 is 11.6 Å². The van der Waals surface area contributed by atoms with Gasteiger partial charge in [0.05, 0.1) is 19.3 Å². The molecule has 1 aromatic heterocycles. The van der Waals surface area contributed by atoms with Gasteiger partial charge >= 0.3 is 0 Å². The Hall–Kier alpha value is -3.15. The summed E-state index contributed by atoms with van der Waals surface area (Å²) in [6.07, 6.45) is 1.01. The largest absolute Gasteiger partial charge is 0.497 e. The van der Waals surface area contributed by atoms with Gasteiger partial charge in [0.15, 0.2) is 5.69 Å². The van der Waals surface area contributed by atoms with Crippen molar-refractivity contribution in [2.45, 2.75) is 33.7 Å². The van der Waals surface area contributed by atoms with Crippen LogP contribution in [-0.4, -0.2) is 28.0 Å². The standard InChI is InChI=1S/C21H24N4O2/c1-5-16-7-9-17(10-8-16)13-25-15(3)20(23-24-25)21(26)22-19-12-18(27-4)11-6-14(19)2/h6-12H,5,13H2,1-4H3,(H,22,26). The van der Waals surface area contributed by atoms with Crippen LogP contribution in [0.15, 0.2) is 42.5 Å². The number of amides is 1. The van der Waals surface area contributed by atoms with Crippen molar-refractivity contribution in [2.75, 3.05) is 12.4 Å². The Morgan fingerprint density at radius 1 is 1.11 bits per heavy atom. The zero-order chi connectivity index (χ0) is 19.4. The highest BCUT2D eigenvalue weighted by Crippen LogP contribution is 2.22. The molecular formula is C21H24N4O2. The molecule has 3 aromatic rings. The minimum atomic E-state index is -0.281. The van der Waals surface area contributed by atoms with Crippen molar-refractivity contribution in [1.82, 2.24) is 15.0 Å². The highest BCUT2D eigenvalue weighted by atomic mass is 16.5. The summed E-state index contributed by atoms with van der Waals surface area (Å²) in [5.74, 6) is 0.406. The van der Waals surface area contributed by atoms with E-state index >= 15 is 0 Å². The second kappa shape index (κ2) is 8.03. The van der Waals surface area contributed by atoms with E-state index in [0.717, 1.165) is 23.2 Å². The molecule has 0 aliphatic heterocycles. The first-order chi connectivity index (χ1) is 13.0. The predicted octanol–water partition coefficient (Wildman–Crippen LogP) is 3.77. The van der Waals surface area contributed by atoms with Gasteiger partial charge in [0.25, 0.3) is 5.91 Å². The third kappa shape index (κ3) is 4.16. The molecule has 6 heteroatoms. The number of nitrogens with zero attached hydrogens (tertiary/aromatic N) is 3. The van der Waals surface area contributed by atoms with E-state index in [1.165, 1.54) is 5.56 Å². The SMILES string of the molecule is CCc1ccc(Cn2nnc(C(=O)Nc3cc(OC)ccc3C)c2C)cc1. The summed E-state index contributed by atoms with van der Waals surface area (Å²) in [6.45, 7) is 6.49. The summed E-state index contributed by atoms with van der Waals surface area (Å²) in [6, 6.07) is 13.9. The lowest BCUT2D eigenvalue weighted by atomic mass is 10.1. The quantitative estimate of drug-likeness (QED) is 0.723. The lowest BCUT2D eigenvalue weighted by molar-refractivity contribution is 0.102. The average Bonchev–Trinajstić information content (AvgIpc) is 3.04. The third-order valence-corrected chi connectivity index (χ3v) is 4.65. The summed E-state index contributed by atoms with van der Waals surface area (Å²) in [5, 5.41) is 11.1. The van der Waals surface area contributed by atoms with Crippen LogP contribution in [-0.2, 0) is 13.0 Å². The molecule has 1 N–H and O–H groups in total. The fourth-order valence-corrected chi connectivity index (χ4v) is 2.82. The van der Waals surface area contributed by atoms with Crippen molar-refractivity contribution in [3.63, 3.8) is 0 Å². The molecule has 1 heterocycles. The first-order valence-corrected chi connectivity index (χ1v) is 8.95. The molecule has 140 valence electrons. The van der Waals surface area contributed by atoms with Crippen molar-refractivity contribution in [2.24, 2.45) is 0 Å². The van der Waals surface area contributed by atoms with Gasteiger partial charge in [-0.15, -0.1) is 5.10 Å². The van der Waals surface area contributed by atoms with Crippen LogP contribution >= 0.6 is 0 Å². The van der Waals surface area contributed by atoms with Gasteiger partial charge in [-0.1, -0.05) is 42.5 Å². The summed E-state index contributed by atoms with van der Waals surface area (Å²) in [4.78, 5) is 12.7. The van der Waals surface area contributed by atoms with Gasteiger partial charge in [0, 0.05) is 11.8 Å². The van der Waals surface area contributed by atoms with Gasteiger partial charge in [-0.3, -0.25) is 4.79 Å². The minimum Gasteiger partial charge on any atom is -0.497 e. The number of rotatable bonds is 6. The van der Waals surface area contributed by atoms with Crippen LogP contribution in [0.1, 0.15) is 39.8 Å². The Bertz CT molecular complexity index is 945. The molecule has 0 saturated heterocycles. The second-order valence-electron chi connectivity index (χ2n) is 6.49. The number of aromatic nitrogens is 3. The van der Waals surface area contributed by atoms with Gasteiger partial charge in [-0.2, -0.15) is 0 Å². The molecule has 0 radical (unpaired) electrons. The van der Waals surface area contributed by atoms with Gasteiger partial charge in [-0.25, -0.2) is 4.68 Å². The zero-order valence-electron chi connectivity index (χ0n) is 16.1. The Morgan fingerprint density at radius 2 is 1.81 bits per heavy atom. The molecule has 0 aliphatic carbocycles. The van der Waals surface area contributed by atoms with E-state index in [1.54, 1.807) is 17.9 Å². The number of ether oxygens (including phenoxy) is 1. The summed E-state index contributed by atoms with van der Waals surface area (Å²) in [5.41, 5.74) is 5.11. The molecular weight excluding hydrogens is 340 g/mol. The van der Waals surface area contributed by atoms with Crippen LogP contribution in [0.4, 0.5) is 5.69 Å². The Labute approximate surface area is 159 Å². The van der Waals surface area contributed by atoms with Crippen LogP contribution in [0, 0.1) is 13.8 Å². The smallest absolute Gasteiger partial charge is 0.278 e. The molecule has 0 atom stereocenters. The third-order valence-electron chi connectivity index (χ3n) is 4.65. The second-order valence-corrected chi connectivity index (χ2v) is 6.49. The van der Waals surface area contributed by atoms with Crippen LogP contribution in [0.5, 0.6) is 5.75 Å². The van der Waals surface area contributed by atoms with Crippen LogP contribution < -0.4 is 10.1 Å². The highest BCUT2D eigenvalue weighted by Gasteiger charge is 2.17. The summed E-state index contributed by atoms with van der Waals surface area (Å²) >= 11 is 0. The van der Waals surface area contributed by atoms with Gasteiger partial charge in [-0.05, 0) is 43.0 Å². The zero-order valence-corrected chi connectivity index (χ0v) is 16.1. The van der Waals surface area contributed by atoms with E-state index < -0.39 is 0 Å². The molecule has 0 saturated carbocycles. The van der Waals surface area contributed by atoms with Crippen molar-refractivity contribution in [3.05, 3.63) is 70.5 Å². The Balaban J connectivity index is 1.76. The molecule has 0 bridgehead atoms. The maximum atomic E-state index is 12.7. The number of benzene rings is 2. The highest BCUT2D eigenvalue weighted by molar-refractivity contribution is 6.04. The number of hydrogen-bond donors (Lipinski definition) is 1. The first-order valence-electron chi connectivity index (χ1n) is 8.95. The van der Waals surface area contributed by atoms with Crippen molar-refractivity contribution in [3.8, 4) is 5.75 Å². The molecule has 2 aromatic carbocycles. The first kappa shape index (κ1) is 18.6. The van der Waals surface area contributed by atoms with E-state index in [2.05, 4.69) is 46.8 Å². The van der Waals surface area contributed by atoms with E-state index in [1.807, 2.05) is 26.0 Å². The Kier molecular flexibility index (Phi) is 5.54. The van der Waals surface area contributed by atoms with E-state index in [4.69, 9.17) is 4.74 Å². The number of methoxy groups -OCH3 is 1. The lowest BCUT2D eigenvalue weighted by Gasteiger charge is -2.09. The van der Waals surface area contributed by atoms with Gasteiger partial charge in [0.1, 0.15) is 5.75 Å². The predicted molar refractivity (Wildman–Crippen MR) is 105 cm³/mol. The Morgan fingerprint density at radius 3 is 2.48 bits per heavy atom. The van der Waals surface area contributed by atoms with Crippen LogP contribution in [0.25, 0.3) is 0 Å². The lowest BCUT2D eigenvalue weighted by Crippen LogP contribution is -2.15. The molecule has 0 spiro atoms. The summed E-state index contributed by atoms with van der Waals surface area (Å²) in [7, 11) is 1.60. The fraction of sp³-hybridized carbons (Fsp3) is 0.286. The average molecular weight is 364 g/mol. The summed E-state index contributed by atoms with van der Waals surface area (Å²) < 4.78 is 6.97. The van der Waals surface area contributed by atoms with E-state index in [0.29, 0.717) is 23.7 Å². The monoisotopic (exact) mass is 364 g/mol. The minimum absolute atomic E-state index is 0.281. The van der Waals surface area contributed by atoms with E-state index in [9.17, 15) is 4.79 Å². The number of nitrogens with one attached hydrogen (secondary N) is 1. The maximum Gasteiger partial charge on any atom is 0.278 e. The van der Waals surface area contributed by atoms with Crippen LogP contribution in [0.3, 0.4) is 0 Å². The van der Waals surface area contributed by atoms with Crippen molar-refractivity contribution in [1.29, 1.82) is 0 Å². The molecule has 0 fully saturated rings. The van der Waals surface area contributed by atoms with Gasteiger partial charge < -0.3 is 10.1 Å². The molecule has 6 nitrogen and oxygen atoms in total. The van der Waals surface area contributed by atoms with Crippen molar-refractivity contribution < 1.29 is 9.53 Å². The molecule has 0 unspecified atom stereocenters. The number of anilines is 1. The number of carbonyl (C=O) groups is 1. The fourth-order valence-electron chi connectivity index (χ4n) is 2.82.